The Kier molecular flexibility index (Phi) is 2.19. The molecule has 4 nitrogen and oxygen atoms in total. The lowest BCUT2D eigenvalue weighted by molar-refractivity contribution is 0.588. The SMILES string of the molecule is CN(C)C(=N)S(C)(=O)=O. The average molecular weight is 150 g/mol. The lowest BCUT2D eigenvalue weighted by Gasteiger charge is -2.09. The zero-order valence-corrected chi connectivity index (χ0v) is 6.49. The molecule has 5 heteroatoms. The zero-order valence-electron chi connectivity index (χ0n) is 5.67. The minimum absolute atomic E-state index is 0.359. The summed E-state index contributed by atoms with van der Waals surface area (Å²) in [6.45, 7) is 0. The van der Waals surface area contributed by atoms with Crippen molar-refractivity contribution in [2.75, 3.05) is 20.4 Å². The molecule has 0 aromatic rings. The first-order valence-electron chi connectivity index (χ1n) is 2.31. The molecule has 0 unspecified atom stereocenters. The van der Waals surface area contributed by atoms with E-state index in [0.717, 1.165) is 6.26 Å². The van der Waals surface area contributed by atoms with Gasteiger partial charge in [-0.1, -0.05) is 0 Å². The first-order chi connectivity index (χ1) is 3.85. The van der Waals surface area contributed by atoms with Gasteiger partial charge < -0.3 is 4.90 Å². The summed E-state index contributed by atoms with van der Waals surface area (Å²) in [5, 5.41) is 6.57. The van der Waals surface area contributed by atoms with Gasteiger partial charge in [-0.25, -0.2) is 8.42 Å². The number of nitrogens with zero attached hydrogens (tertiary/aromatic N) is 1. The molecule has 0 bridgehead atoms. The van der Waals surface area contributed by atoms with E-state index in [9.17, 15) is 8.42 Å². The summed E-state index contributed by atoms with van der Waals surface area (Å²) in [5.41, 5.74) is 0. The first-order valence-corrected chi connectivity index (χ1v) is 4.21. The van der Waals surface area contributed by atoms with Crippen molar-refractivity contribution in [2.24, 2.45) is 0 Å². The van der Waals surface area contributed by atoms with Gasteiger partial charge in [0.2, 0.25) is 15.0 Å². The number of amidine groups is 1. The fraction of sp³-hybridized carbons (Fsp3) is 0.750. The second kappa shape index (κ2) is 2.34. The molecule has 0 heterocycles. The van der Waals surface area contributed by atoms with Crippen molar-refractivity contribution in [1.29, 1.82) is 5.41 Å². The summed E-state index contributed by atoms with van der Waals surface area (Å²) < 4.78 is 21.0. The number of nitrogens with one attached hydrogen (secondary N) is 1. The van der Waals surface area contributed by atoms with Gasteiger partial charge in [0.05, 0.1) is 0 Å². The molecule has 1 N–H and O–H groups in total. The van der Waals surface area contributed by atoms with Crippen LogP contribution in [0.15, 0.2) is 0 Å². The molecule has 0 saturated heterocycles. The normalized spacial score (nSPS) is 11.0. The predicted molar refractivity (Wildman–Crippen MR) is 36.3 cm³/mol. The van der Waals surface area contributed by atoms with Crippen molar-refractivity contribution < 1.29 is 8.42 Å². The van der Waals surface area contributed by atoms with Crippen molar-refractivity contribution >= 4 is 15.0 Å². The predicted octanol–water partition coefficient (Wildman–Crippen LogP) is -0.473. The van der Waals surface area contributed by atoms with E-state index in [0.29, 0.717) is 0 Å². The molecule has 0 radical (unpaired) electrons. The highest BCUT2D eigenvalue weighted by atomic mass is 32.2. The molecule has 0 aliphatic carbocycles. The Morgan fingerprint density at radius 3 is 1.78 bits per heavy atom. The number of rotatable bonds is 0. The van der Waals surface area contributed by atoms with E-state index in [1.165, 1.54) is 19.0 Å². The Morgan fingerprint density at radius 2 is 1.78 bits per heavy atom. The van der Waals surface area contributed by atoms with E-state index in [1.54, 1.807) is 0 Å². The topological polar surface area (TPSA) is 61.2 Å². The molecule has 0 amide bonds. The summed E-state index contributed by atoms with van der Waals surface area (Å²) >= 11 is 0. The summed E-state index contributed by atoms with van der Waals surface area (Å²) in [7, 11) is -0.258. The Morgan fingerprint density at radius 1 is 1.44 bits per heavy atom. The van der Waals surface area contributed by atoms with Gasteiger partial charge >= 0.3 is 0 Å². The maximum atomic E-state index is 10.5. The fourth-order valence-electron chi connectivity index (χ4n) is 0.332. The van der Waals surface area contributed by atoms with Crippen molar-refractivity contribution in [2.45, 2.75) is 0 Å². The first kappa shape index (κ1) is 8.42. The van der Waals surface area contributed by atoms with E-state index in [4.69, 9.17) is 5.41 Å². The minimum atomic E-state index is -3.29. The lowest BCUT2D eigenvalue weighted by Crippen LogP contribution is -2.28. The Bertz CT molecular complexity index is 205. The molecule has 0 aromatic heterocycles. The van der Waals surface area contributed by atoms with Crippen molar-refractivity contribution in [1.82, 2.24) is 4.90 Å². The third kappa shape index (κ3) is 2.46. The van der Waals surface area contributed by atoms with E-state index in [-0.39, 0.29) is 5.17 Å². The van der Waals surface area contributed by atoms with Crippen LogP contribution in [0.3, 0.4) is 0 Å². The van der Waals surface area contributed by atoms with Crippen LogP contribution < -0.4 is 0 Å². The molecule has 54 valence electrons. The molecule has 0 fully saturated rings. The molecule has 9 heavy (non-hydrogen) atoms. The van der Waals surface area contributed by atoms with Crippen LogP contribution in [-0.4, -0.2) is 38.8 Å². The second-order valence-corrected chi connectivity index (χ2v) is 3.90. The Balaban J connectivity index is 4.45. The van der Waals surface area contributed by atoms with E-state index in [2.05, 4.69) is 0 Å². The second-order valence-electron chi connectivity index (χ2n) is 1.97. The van der Waals surface area contributed by atoms with Crippen molar-refractivity contribution in [3.05, 3.63) is 0 Å². The summed E-state index contributed by atoms with van der Waals surface area (Å²) in [6.07, 6.45) is 1.01. The highest BCUT2D eigenvalue weighted by molar-refractivity contribution is 8.05. The van der Waals surface area contributed by atoms with Gasteiger partial charge in [0.1, 0.15) is 0 Å². The summed E-state index contributed by atoms with van der Waals surface area (Å²) in [5.74, 6) is 0. The van der Waals surface area contributed by atoms with Crippen LogP contribution in [0, 0.1) is 5.41 Å². The smallest absolute Gasteiger partial charge is 0.215 e. The molecular formula is C4H10N2O2S. The van der Waals surface area contributed by atoms with Crippen LogP contribution in [0.5, 0.6) is 0 Å². The molecule has 0 saturated carbocycles. The van der Waals surface area contributed by atoms with Crippen molar-refractivity contribution in [3.63, 3.8) is 0 Å². The van der Waals surface area contributed by atoms with Crippen LogP contribution in [0.2, 0.25) is 0 Å². The molecule has 0 aliphatic heterocycles. The van der Waals surface area contributed by atoms with E-state index < -0.39 is 9.84 Å². The van der Waals surface area contributed by atoms with Gasteiger partial charge in [-0.15, -0.1) is 0 Å². The third-order valence-electron chi connectivity index (χ3n) is 0.757. The quantitative estimate of drug-likeness (QED) is 0.375. The average Bonchev–Trinajstić information content (AvgIpc) is 1.62. The van der Waals surface area contributed by atoms with Gasteiger partial charge in [-0.2, -0.15) is 0 Å². The van der Waals surface area contributed by atoms with Gasteiger partial charge in [0.15, 0.2) is 0 Å². The van der Waals surface area contributed by atoms with Gasteiger partial charge in [0, 0.05) is 20.4 Å². The minimum Gasteiger partial charge on any atom is -0.354 e. The highest BCUT2D eigenvalue weighted by Crippen LogP contribution is 1.88. The highest BCUT2D eigenvalue weighted by Gasteiger charge is 2.11. The molecular weight excluding hydrogens is 140 g/mol. The lowest BCUT2D eigenvalue weighted by atomic mass is 10.9. The van der Waals surface area contributed by atoms with Crippen molar-refractivity contribution in [3.8, 4) is 0 Å². The van der Waals surface area contributed by atoms with Gasteiger partial charge in [-0.05, 0) is 0 Å². The molecule has 0 aromatic carbocycles. The Labute approximate surface area is 54.9 Å². The number of hydrogen-bond donors (Lipinski definition) is 1. The van der Waals surface area contributed by atoms with Gasteiger partial charge in [0.25, 0.3) is 0 Å². The number of sulfone groups is 1. The fourth-order valence-corrected chi connectivity index (χ4v) is 0.995. The molecule has 0 atom stereocenters. The van der Waals surface area contributed by atoms with E-state index >= 15 is 0 Å². The van der Waals surface area contributed by atoms with Crippen LogP contribution >= 0.6 is 0 Å². The summed E-state index contributed by atoms with van der Waals surface area (Å²) in [4.78, 5) is 1.25. The van der Waals surface area contributed by atoms with Crippen LogP contribution in [0.4, 0.5) is 0 Å². The molecule has 0 spiro atoms. The number of hydrogen-bond acceptors (Lipinski definition) is 3. The standard InChI is InChI=1S/C4H10N2O2S/c1-6(2)4(5)9(3,7)8/h5H,1-3H3. The Hall–Kier alpha value is -0.580. The van der Waals surface area contributed by atoms with Gasteiger partial charge in [-0.3, -0.25) is 5.41 Å². The molecule has 0 aliphatic rings. The largest absolute Gasteiger partial charge is 0.354 e. The van der Waals surface area contributed by atoms with E-state index in [1.807, 2.05) is 0 Å². The monoisotopic (exact) mass is 150 g/mol. The van der Waals surface area contributed by atoms with Crippen LogP contribution in [-0.2, 0) is 9.84 Å². The maximum absolute atomic E-state index is 10.5. The third-order valence-corrected chi connectivity index (χ3v) is 1.82. The molecule has 0 rings (SSSR count). The van der Waals surface area contributed by atoms with Crippen LogP contribution in [0.1, 0.15) is 0 Å². The maximum Gasteiger partial charge on any atom is 0.215 e. The zero-order chi connectivity index (χ0) is 7.65. The van der Waals surface area contributed by atoms with Crippen LogP contribution in [0.25, 0.3) is 0 Å². The summed E-state index contributed by atoms with van der Waals surface area (Å²) in [6, 6.07) is 0.